The Kier molecular flexibility index (Phi) is 4.18. The minimum Gasteiger partial charge on any atom is -0.390 e. The van der Waals surface area contributed by atoms with Crippen LogP contribution in [0, 0.1) is 0 Å². The molecule has 3 nitrogen and oxygen atoms in total. The largest absolute Gasteiger partial charge is 0.390 e. The van der Waals surface area contributed by atoms with Gasteiger partial charge < -0.3 is 15.7 Å². The van der Waals surface area contributed by atoms with E-state index in [1.807, 2.05) is 12.1 Å². The quantitative estimate of drug-likeness (QED) is 0.845. The molecule has 2 aromatic carbocycles. The zero-order valence-electron chi connectivity index (χ0n) is 10.7. The van der Waals surface area contributed by atoms with E-state index in [1.54, 1.807) is 0 Å². The fourth-order valence-electron chi connectivity index (χ4n) is 2.21. The molecular formula is C15H20N2O. The van der Waals surface area contributed by atoms with Gasteiger partial charge in [0.2, 0.25) is 0 Å². The van der Waals surface area contributed by atoms with E-state index in [0.29, 0.717) is 13.1 Å². The zero-order valence-corrected chi connectivity index (χ0v) is 10.7. The van der Waals surface area contributed by atoms with Gasteiger partial charge in [-0.1, -0.05) is 36.4 Å². The van der Waals surface area contributed by atoms with Crippen molar-refractivity contribution in [3.63, 3.8) is 0 Å². The molecule has 0 heterocycles. The summed E-state index contributed by atoms with van der Waals surface area (Å²) in [6.07, 6.45) is -0.482. The molecule has 0 spiro atoms. The van der Waals surface area contributed by atoms with E-state index in [1.165, 1.54) is 10.8 Å². The molecule has 0 saturated heterocycles. The van der Waals surface area contributed by atoms with E-state index < -0.39 is 6.10 Å². The zero-order chi connectivity index (χ0) is 13.0. The molecule has 0 aliphatic rings. The highest BCUT2D eigenvalue weighted by molar-refractivity contribution is 5.94. The van der Waals surface area contributed by atoms with Crippen molar-refractivity contribution >= 4 is 16.5 Å². The van der Waals surface area contributed by atoms with Crippen LogP contribution in [0.4, 0.5) is 5.69 Å². The molecule has 0 amide bonds. The molecule has 3 N–H and O–H groups in total. The second-order valence-electron chi connectivity index (χ2n) is 4.43. The number of aliphatic hydroxyl groups excluding tert-OH is 1. The van der Waals surface area contributed by atoms with E-state index in [9.17, 15) is 5.11 Å². The fraction of sp³-hybridized carbons (Fsp3) is 0.333. The van der Waals surface area contributed by atoms with Gasteiger partial charge in [-0.2, -0.15) is 0 Å². The molecule has 0 aliphatic carbocycles. The summed E-state index contributed by atoms with van der Waals surface area (Å²) in [5.41, 5.74) is 6.64. The standard InChI is InChI=1S/C15H20N2O/c1-2-17(11-13(18)10-16)15-9-5-7-12-6-3-4-8-14(12)15/h3-9,13,18H,2,10-11,16H2,1H3/t13-/m0/s1. The summed E-state index contributed by atoms with van der Waals surface area (Å²) in [7, 11) is 0. The highest BCUT2D eigenvalue weighted by Crippen LogP contribution is 2.26. The van der Waals surface area contributed by atoms with Gasteiger partial charge in [-0.15, -0.1) is 0 Å². The molecule has 0 aromatic heterocycles. The van der Waals surface area contributed by atoms with Gasteiger partial charge in [-0.25, -0.2) is 0 Å². The fourth-order valence-corrected chi connectivity index (χ4v) is 2.21. The number of aliphatic hydroxyl groups is 1. The topological polar surface area (TPSA) is 49.5 Å². The smallest absolute Gasteiger partial charge is 0.0836 e. The first-order valence-corrected chi connectivity index (χ1v) is 6.37. The van der Waals surface area contributed by atoms with Gasteiger partial charge in [0.15, 0.2) is 0 Å². The third kappa shape index (κ3) is 2.63. The second kappa shape index (κ2) is 5.85. The first-order valence-electron chi connectivity index (χ1n) is 6.37. The molecule has 2 aromatic rings. The Balaban J connectivity index is 2.38. The number of nitrogens with two attached hydrogens (primary N) is 1. The number of anilines is 1. The van der Waals surface area contributed by atoms with E-state index in [0.717, 1.165) is 12.2 Å². The first kappa shape index (κ1) is 12.9. The Morgan fingerprint density at radius 2 is 1.89 bits per heavy atom. The van der Waals surface area contributed by atoms with Gasteiger partial charge >= 0.3 is 0 Å². The first-order chi connectivity index (χ1) is 8.76. The van der Waals surface area contributed by atoms with Crippen LogP contribution >= 0.6 is 0 Å². The number of hydrogen-bond acceptors (Lipinski definition) is 3. The highest BCUT2D eigenvalue weighted by Gasteiger charge is 2.11. The lowest BCUT2D eigenvalue weighted by Gasteiger charge is -2.26. The molecule has 1 atom stereocenters. The lowest BCUT2D eigenvalue weighted by Crippen LogP contribution is -2.36. The van der Waals surface area contributed by atoms with Crippen molar-refractivity contribution in [2.24, 2.45) is 5.73 Å². The molecule has 3 heteroatoms. The van der Waals surface area contributed by atoms with Crippen molar-refractivity contribution in [3.05, 3.63) is 42.5 Å². The van der Waals surface area contributed by atoms with Crippen LogP contribution in [0.1, 0.15) is 6.92 Å². The second-order valence-corrected chi connectivity index (χ2v) is 4.43. The Bertz CT molecular complexity index is 507. The lowest BCUT2D eigenvalue weighted by molar-refractivity contribution is 0.188. The molecule has 18 heavy (non-hydrogen) atoms. The molecule has 0 saturated carbocycles. The van der Waals surface area contributed by atoms with E-state index in [4.69, 9.17) is 5.73 Å². The Labute approximate surface area is 108 Å². The van der Waals surface area contributed by atoms with E-state index in [2.05, 4.69) is 42.2 Å². The Hall–Kier alpha value is -1.58. The van der Waals surface area contributed by atoms with Crippen LogP contribution < -0.4 is 10.6 Å². The van der Waals surface area contributed by atoms with E-state index in [-0.39, 0.29) is 0 Å². The van der Waals surface area contributed by atoms with Crippen LogP contribution in [-0.2, 0) is 0 Å². The van der Waals surface area contributed by atoms with Gasteiger partial charge in [0, 0.05) is 30.7 Å². The van der Waals surface area contributed by atoms with Crippen molar-refractivity contribution in [2.75, 3.05) is 24.5 Å². The van der Waals surface area contributed by atoms with Crippen molar-refractivity contribution in [1.82, 2.24) is 0 Å². The summed E-state index contributed by atoms with van der Waals surface area (Å²) in [4.78, 5) is 2.17. The third-order valence-corrected chi connectivity index (χ3v) is 3.19. The van der Waals surface area contributed by atoms with Crippen LogP contribution in [0.25, 0.3) is 10.8 Å². The van der Waals surface area contributed by atoms with Crippen molar-refractivity contribution in [1.29, 1.82) is 0 Å². The predicted molar refractivity (Wildman–Crippen MR) is 76.9 cm³/mol. The molecule has 96 valence electrons. The van der Waals surface area contributed by atoms with Gasteiger partial charge in [-0.05, 0) is 18.4 Å². The molecule has 0 fully saturated rings. The number of hydrogen-bond donors (Lipinski definition) is 2. The van der Waals surface area contributed by atoms with Gasteiger partial charge in [-0.3, -0.25) is 0 Å². The number of likely N-dealkylation sites (N-methyl/N-ethyl adjacent to an activating group) is 1. The summed E-state index contributed by atoms with van der Waals surface area (Å²) in [5, 5.41) is 12.2. The molecular weight excluding hydrogens is 224 g/mol. The Morgan fingerprint density at radius 1 is 1.17 bits per heavy atom. The number of rotatable bonds is 5. The van der Waals surface area contributed by atoms with Crippen molar-refractivity contribution < 1.29 is 5.11 Å². The van der Waals surface area contributed by atoms with Gasteiger partial charge in [0.1, 0.15) is 0 Å². The van der Waals surface area contributed by atoms with Crippen molar-refractivity contribution in [2.45, 2.75) is 13.0 Å². The van der Waals surface area contributed by atoms with Crippen LogP contribution in [0.2, 0.25) is 0 Å². The average molecular weight is 244 g/mol. The third-order valence-electron chi connectivity index (χ3n) is 3.19. The number of benzene rings is 2. The molecule has 0 bridgehead atoms. The maximum absolute atomic E-state index is 9.73. The SMILES string of the molecule is CCN(C[C@@H](O)CN)c1cccc2ccccc12. The van der Waals surface area contributed by atoms with Crippen LogP contribution in [0.5, 0.6) is 0 Å². The summed E-state index contributed by atoms with van der Waals surface area (Å²) in [5.74, 6) is 0. The summed E-state index contributed by atoms with van der Waals surface area (Å²) >= 11 is 0. The highest BCUT2D eigenvalue weighted by atomic mass is 16.3. The molecule has 0 aliphatic heterocycles. The summed E-state index contributed by atoms with van der Waals surface area (Å²) in [6, 6.07) is 14.5. The normalized spacial score (nSPS) is 12.6. The van der Waals surface area contributed by atoms with Crippen LogP contribution in [0.15, 0.2) is 42.5 Å². The monoisotopic (exact) mass is 244 g/mol. The van der Waals surface area contributed by atoms with Gasteiger partial charge in [0.25, 0.3) is 0 Å². The predicted octanol–water partition coefficient (Wildman–Crippen LogP) is 1.99. The average Bonchev–Trinajstić information content (AvgIpc) is 2.44. The van der Waals surface area contributed by atoms with Crippen LogP contribution in [0.3, 0.4) is 0 Å². The molecule has 2 rings (SSSR count). The van der Waals surface area contributed by atoms with E-state index >= 15 is 0 Å². The number of fused-ring (bicyclic) bond motifs is 1. The lowest BCUT2D eigenvalue weighted by atomic mass is 10.1. The Morgan fingerprint density at radius 3 is 2.61 bits per heavy atom. The van der Waals surface area contributed by atoms with Gasteiger partial charge in [0.05, 0.1) is 6.10 Å². The minimum atomic E-state index is -0.482. The molecule has 0 unspecified atom stereocenters. The maximum atomic E-state index is 9.73. The maximum Gasteiger partial charge on any atom is 0.0836 e. The number of nitrogens with zero attached hydrogens (tertiary/aromatic N) is 1. The van der Waals surface area contributed by atoms with Crippen molar-refractivity contribution in [3.8, 4) is 0 Å². The minimum absolute atomic E-state index is 0.293. The molecule has 0 radical (unpaired) electrons. The summed E-state index contributed by atoms with van der Waals surface area (Å²) < 4.78 is 0. The summed E-state index contributed by atoms with van der Waals surface area (Å²) in [6.45, 7) is 3.80. The van der Waals surface area contributed by atoms with Crippen LogP contribution in [-0.4, -0.2) is 30.8 Å².